The number of anilines is 1. The fourth-order valence-corrected chi connectivity index (χ4v) is 2.55. The normalized spacial score (nSPS) is 15.3. The third-order valence-electron chi connectivity index (χ3n) is 3.74. The molecule has 21 heavy (non-hydrogen) atoms. The van der Waals surface area contributed by atoms with Gasteiger partial charge in [0.1, 0.15) is 0 Å². The lowest BCUT2D eigenvalue weighted by atomic mass is 9.96. The molecule has 1 fully saturated rings. The zero-order chi connectivity index (χ0) is 15.2. The quantitative estimate of drug-likeness (QED) is 0.899. The topological polar surface area (TPSA) is 61.4 Å². The van der Waals surface area contributed by atoms with E-state index in [1.54, 1.807) is 38.4 Å². The summed E-state index contributed by atoms with van der Waals surface area (Å²) in [6, 6.07) is 7.05. The van der Waals surface area contributed by atoms with E-state index in [9.17, 15) is 9.59 Å². The van der Waals surface area contributed by atoms with Crippen LogP contribution in [0.2, 0.25) is 0 Å². The van der Waals surface area contributed by atoms with E-state index >= 15 is 0 Å². The molecule has 1 aromatic rings. The van der Waals surface area contributed by atoms with Gasteiger partial charge in [-0.05, 0) is 37.1 Å². The van der Waals surface area contributed by atoms with E-state index in [1.165, 1.54) is 24.2 Å². The first kappa shape index (κ1) is 15.4. The first-order valence-corrected chi connectivity index (χ1v) is 7.45. The van der Waals surface area contributed by atoms with Gasteiger partial charge in [-0.25, -0.2) is 4.79 Å². The van der Waals surface area contributed by atoms with Crippen molar-refractivity contribution >= 4 is 17.6 Å². The fourth-order valence-electron chi connectivity index (χ4n) is 2.55. The van der Waals surface area contributed by atoms with Crippen molar-refractivity contribution in [3.63, 3.8) is 0 Å². The number of urea groups is 1. The fraction of sp³-hybridized carbons (Fsp3) is 0.500. The van der Waals surface area contributed by atoms with Gasteiger partial charge in [-0.3, -0.25) is 4.79 Å². The molecular formula is C16H23N3O2. The molecule has 0 saturated heterocycles. The van der Waals surface area contributed by atoms with Crippen LogP contribution in [0.5, 0.6) is 0 Å². The Labute approximate surface area is 125 Å². The van der Waals surface area contributed by atoms with Gasteiger partial charge in [0, 0.05) is 31.4 Å². The number of benzene rings is 1. The maximum absolute atomic E-state index is 11.9. The Morgan fingerprint density at radius 1 is 1.05 bits per heavy atom. The lowest BCUT2D eigenvalue weighted by Crippen LogP contribution is -2.39. The number of carbonyl (C=O) groups excluding carboxylic acids is 2. The minimum absolute atomic E-state index is 0.0480. The summed E-state index contributed by atoms with van der Waals surface area (Å²) in [7, 11) is 3.43. The van der Waals surface area contributed by atoms with E-state index in [4.69, 9.17) is 0 Å². The lowest BCUT2D eigenvalue weighted by molar-refractivity contribution is 0.0827. The van der Waals surface area contributed by atoms with Crippen LogP contribution in [0.4, 0.5) is 10.5 Å². The second-order valence-corrected chi connectivity index (χ2v) is 5.71. The molecule has 0 aromatic heterocycles. The second kappa shape index (κ2) is 7.11. The highest BCUT2D eigenvalue weighted by Crippen LogP contribution is 2.17. The zero-order valence-corrected chi connectivity index (χ0v) is 12.7. The molecule has 0 atom stereocenters. The molecule has 0 aliphatic heterocycles. The summed E-state index contributed by atoms with van der Waals surface area (Å²) in [5.74, 6) is -0.0480. The van der Waals surface area contributed by atoms with Crippen LogP contribution in [0, 0.1) is 0 Å². The van der Waals surface area contributed by atoms with Crippen LogP contribution in [0.25, 0.3) is 0 Å². The standard InChI is InChI=1S/C16H23N3O2/c1-19(2)15(20)12-8-10-14(11-9-12)18-16(21)17-13-6-4-3-5-7-13/h8-11,13H,3-7H2,1-2H3,(H2,17,18,21). The molecule has 5 heteroatoms. The summed E-state index contributed by atoms with van der Waals surface area (Å²) in [5, 5.41) is 5.81. The molecule has 3 amide bonds. The molecule has 5 nitrogen and oxygen atoms in total. The van der Waals surface area contributed by atoms with Crippen molar-refractivity contribution in [2.75, 3.05) is 19.4 Å². The molecule has 114 valence electrons. The SMILES string of the molecule is CN(C)C(=O)c1ccc(NC(=O)NC2CCCCC2)cc1. The van der Waals surface area contributed by atoms with Gasteiger partial charge in [0.15, 0.2) is 0 Å². The number of hydrogen-bond donors (Lipinski definition) is 2. The van der Waals surface area contributed by atoms with Gasteiger partial charge in [-0.2, -0.15) is 0 Å². The molecule has 0 bridgehead atoms. The number of nitrogens with zero attached hydrogens (tertiary/aromatic N) is 1. The Morgan fingerprint density at radius 3 is 2.24 bits per heavy atom. The Kier molecular flexibility index (Phi) is 5.20. The van der Waals surface area contributed by atoms with Crippen LogP contribution in [0.15, 0.2) is 24.3 Å². The molecule has 1 aromatic carbocycles. The van der Waals surface area contributed by atoms with Crippen LogP contribution in [-0.2, 0) is 0 Å². The molecule has 0 heterocycles. The van der Waals surface area contributed by atoms with Crippen LogP contribution in [-0.4, -0.2) is 37.0 Å². The van der Waals surface area contributed by atoms with Crippen molar-refractivity contribution in [2.24, 2.45) is 0 Å². The molecule has 1 aliphatic rings. The van der Waals surface area contributed by atoms with Gasteiger partial charge in [-0.1, -0.05) is 19.3 Å². The van der Waals surface area contributed by atoms with Crippen LogP contribution in [0.3, 0.4) is 0 Å². The average molecular weight is 289 g/mol. The summed E-state index contributed by atoms with van der Waals surface area (Å²) >= 11 is 0. The number of rotatable bonds is 3. The van der Waals surface area contributed by atoms with Crippen molar-refractivity contribution < 1.29 is 9.59 Å². The van der Waals surface area contributed by atoms with Crippen molar-refractivity contribution in [3.05, 3.63) is 29.8 Å². The first-order chi connectivity index (χ1) is 10.1. The van der Waals surface area contributed by atoms with Gasteiger partial charge >= 0.3 is 6.03 Å². The van der Waals surface area contributed by atoms with Gasteiger partial charge in [0.2, 0.25) is 0 Å². The maximum Gasteiger partial charge on any atom is 0.319 e. The highest BCUT2D eigenvalue weighted by molar-refractivity contribution is 5.95. The molecule has 2 N–H and O–H groups in total. The highest BCUT2D eigenvalue weighted by atomic mass is 16.2. The van der Waals surface area contributed by atoms with E-state index in [2.05, 4.69) is 10.6 Å². The Morgan fingerprint density at radius 2 is 1.67 bits per heavy atom. The summed E-state index contributed by atoms with van der Waals surface area (Å²) in [4.78, 5) is 25.2. The number of amides is 3. The second-order valence-electron chi connectivity index (χ2n) is 5.71. The Balaban J connectivity index is 1.87. The third kappa shape index (κ3) is 4.48. The zero-order valence-electron chi connectivity index (χ0n) is 12.7. The lowest BCUT2D eigenvalue weighted by Gasteiger charge is -2.22. The van der Waals surface area contributed by atoms with Crippen LogP contribution < -0.4 is 10.6 Å². The monoisotopic (exact) mass is 289 g/mol. The maximum atomic E-state index is 11.9. The summed E-state index contributed by atoms with van der Waals surface area (Å²) in [5.41, 5.74) is 1.30. The molecule has 2 rings (SSSR count). The van der Waals surface area contributed by atoms with E-state index < -0.39 is 0 Å². The van der Waals surface area contributed by atoms with Crippen LogP contribution in [0.1, 0.15) is 42.5 Å². The van der Waals surface area contributed by atoms with Crippen molar-refractivity contribution in [1.29, 1.82) is 0 Å². The largest absolute Gasteiger partial charge is 0.345 e. The van der Waals surface area contributed by atoms with Crippen molar-refractivity contribution in [3.8, 4) is 0 Å². The Hall–Kier alpha value is -2.04. The smallest absolute Gasteiger partial charge is 0.319 e. The summed E-state index contributed by atoms with van der Waals surface area (Å²) in [6.45, 7) is 0. The average Bonchev–Trinajstić information content (AvgIpc) is 2.48. The first-order valence-electron chi connectivity index (χ1n) is 7.45. The van der Waals surface area contributed by atoms with Crippen molar-refractivity contribution in [1.82, 2.24) is 10.2 Å². The number of carbonyl (C=O) groups is 2. The molecule has 0 unspecified atom stereocenters. The van der Waals surface area contributed by atoms with Crippen molar-refractivity contribution in [2.45, 2.75) is 38.1 Å². The Bertz CT molecular complexity index is 491. The van der Waals surface area contributed by atoms with Gasteiger partial charge in [0.25, 0.3) is 5.91 Å². The predicted octanol–water partition coefficient (Wildman–Crippen LogP) is 2.84. The van der Waals surface area contributed by atoms with Gasteiger partial charge < -0.3 is 15.5 Å². The summed E-state index contributed by atoms with van der Waals surface area (Å²) in [6.07, 6.45) is 5.76. The number of nitrogens with one attached hydrogen (secondary N) is 2. The predicted molar refractivity (Wildman–Crippen MR) is 83.5 cm³/mol. The van der Waals surface area contributed by atoms with E-state index in [0.29, 0.717) is 11.3 Å². The molecule has 1 saturated carbocycles. The highest BCUT2D eigenvalue weighted by Gasteiger charge is 2.15. The van der Waals surface area contributed by atoms with E-state index in [0.717, 1.165) is 12.8 Å². The van der Waals surface area contributed by atoms with Crippen LogP contribution >= 0.6 is 0 Å². The third-order valence-corrected chi connectivity index (χ3v) is 3.74. The summed E-state index contributed by atoms with van der Waals surface area (Å²) < 4.78 is 0. The minimum atomic E-state index is -0.173. The molecule has 0 radical (unpaired) electrons. The molecule has 0 spiro atoms. The van der Waals surface area contributed by atoms with Gasteiger partial charge in [-0.15, -0.1) is 0 Å². The van der Waals surface area contributed by atoms with E-state index in [-0.39, 0.29) is 18.0 Å². The molecule has 1 aliphatic carbocycles. The van der Waals surface area contributed by atoms with E-state index in [1.807, 2.05) is 0 Å². The molecular weight excluding hydrogens is 266 g/mol. The van der Waals surface area contributed by atoms with Gasteiger partial charge in [0.05, 0.1) is 0 Å². The minimum Gasteiger partial charge on any atom is -0.345 e. The number of hydrogen-bond acceptors (Lipinski definition) is 2.